The maximum atomic E-state index is 9.23. The molecule has 1 aliphatic rings. The van der Waals surface area contributed by atoms with Crippen molar-refractivity contribution in [2.75, 3.05) is 7.11 Å². The number of fused-ring (bicyclic) bond motifs is 1. The fourth-order valence-corrected chi connectivity index (χ4v) is 3.46. The molecule has 6 heteroatoms. The van der Waals surface area contributed by atoms with Crippen LogP contribution in [0.4, 0.5) is 0 Å². The summed E-state index contributed by atoms with van der Waals surface area (Å²) in [7, 11) is 1.65. The van der Waals surface area contributed by atoms with E-state index in [2.05, 4.69) is 5.16 Å². The second-order valence-electron chi connectivity index (χ2n) is 6.23. The predicted octanol–water partition coefficient (Wildman–Crippen LogP) is 4.52. The fourth-order valence-electron chi connectivity index (χ4n) is 3.34. The van der Waals surface area contributed by atoms with Crippen molar-refractivity contribution in [3.8, 4) is 22.7 Å². The van der Waals surface area contributed by atoms with E-state index in [-0.39, 0.29) is 0 Å². The third-order valence-electron chi connectivity index (χ3n) is 4.67. The molecule has 0 unspecified atom stereocenters. The summed E-state index contributed by atoms with van der Waals surface area (Å²) in [4.78, 5) is 0. The summed E-state index contributed by atoms with van der Waals surface area (Å²) in [5.74, 6) is 0.799. The Bertz CT molecular complexity index is 960. The molecule has 1 heterocycles. The van der Waals surface area contributed by atoms with E-state index in [4.69, 9.17) is 21.4 Å². The molecular formula is C20H18ClN3O2. The molecule has 2 aromatic carbocycles. The zero-order valence-corrected chi connectivity index (χ0v) is 15.1. The summed E-state index contributed by atoms with van der Waals surface area (Å²) >= 11 is 6.06. The summed E-state index contributed by atoms with van der Waals surface area (Å²) in [5, 5.41) is 18.2. The lowest BCUT2D eigenvalue weighted by atomic mass is 9.92. The van der Waals surface area contributed by atoms with Gasteiger partial charge in [-0.3, -0.25) is 0 Å². The quantitative estimate of drug-likeness (QED) is 0.547. The van der Waals surface area contributed by atoms with Gasteiger partial charge in [0.05, 0.1) is 29.9 Å². The molecule has 0 saturated carbocycles. The summed E-state index contributed by atoms with van der Waals surface area (Å²) < 4.78 is 7.21. The summed E-state index contributed by atoms with van der Waals surface area (Å²) in [6, 6.07) is 15.5. The number of benzene rings is 2. The predicted molar refractivity (Wildman–Crippen MR) is 102 cm³/mol. The molecule has 0 amide bonds. The minimum absolute atomic E-state index is 0.597. The maximum Gasteiger partial charge on any atom is 0.119 e. The van der Waals surface area contributed by atoms with Crippen LogP contribution in [0.5, 0.6) is 5.75 Å². The van der Waals surface area contributed by atoms with Crippen LogP contribution in [0.2, 0.25) is 5.02 Å². The first-order chi connectivity index (χ1) is 12.7. The van der Waals surface area contributed by atoms with Crippen molar-refractivity contribution in [2.24, 2.45) is 5.16 Å². The maximum absolute atomic E-state index is 9.23. The normalized spacial score (nSPS) is 15.1. The Morgan fingerprint density at radius 1 is 1.08 bits per heavy atom. The number of aryl methyl sites for hydroxylation is 1. The first-order valence-electron chi connectivity index (χ1n) is 8.40. The van der Waals surface area contributed by atoms with Gasteiger partial charge in [0.1, 0.15) is 5.75 Å². The zero-order valence-electron chi connectivity index (χ0n) is 14.3. The van der Waals surface area contributed by atoms with Crippen LogP contribution >= 0.6 is 11.6 Å². The van der Waals surface area contributed by atoms with Gasteiger partial charge in [-0.2, -0.15) is 5.10 Å². The molecule has 132 valence electrons. The third kappa shape index (κ3) is 2.95. The van der Waals surface area contributed by atoms with Gasteiger partial charge in [0, 0.05) is 22.6 Å². The summed E-state index contributed by atoms with van der Waals surface area (Å²) in [6.45, 7) is 0. The largest absolute Gasteiger partial charge is 0.497 e. The Morgan fingerprint density at radius 2 is 1.81 bits per heavy atom. The molecule has 26 heavy (non-hydrogen) atoms. The molecule has 5 nitrogen and oxygen atoms in total. The first-order valence-corrected chi connectivity index (χ1v) is 8.78. The third-order valence-corrected chi connectivity index (χ3v) is 4.93. The fraction of sp³-hybridized carbons (Fsp3) is 0.200. The average molecular weight is 368 g/mol. The van der Waals surface area contributed by atoms with Gasteiger partial charge in [-0.1, -0.05) is 28.9 Å². The molecule has 0 spiro atoms. The molecule has 0 aliphatic heterocycles. The van der Waals surface area contributed by atoms with Gasteiger partial charge in [-0.15, -0.1) is 0 Å². The van der Waals surface area contributed by atoms with Crippen molar-refractivity contribution in [1.82, 2.24) is 9.78 Å². The summed E-state index contributed by atoms with van der Waals surface area (Å²) in [5.41, 5.74) is 5.90. The van der Waals surface area contributed by atoms with E-state index in [1.54, 1.807) is 7.11 Å². The highest BCUT2D eigenvalue weighted by molar-refractivity contribution is 6.30. The van der Waals surface area contributed by atoms with E-state index in [0.717, 1.165) is 52.5 Å². The molecule has 0 radical (unpaired) electrons. The Hall–Kier alpha value is -2.79. The number of rotatable bonds is 3. The van der Waals surface area contributed by atoms with Crippen molar-refractivity contribution < 1.29 is 9.94 Å². The molecule has 1 aliphatic carbocycles. The SMILES string of the molecule is COc1ccc(-n2nc3c(c2-c2ccc(Cl)cc2)CC(=NO)CC3)cc1. The lowest BCUT2D eigenvalue weighted by Gasteiger charge is -2.14. The molecule has 4 rings (SSSR count). The molecule has 0 fully saturated rings. The highest BCUT2D eigenvalue weighted by Crippen LogP contribution is 2.34. The van der Waals surface area contributed by atoms with E-state index >= 15 is 0 Å². The van der Waals surface area contributed by atoms with E-state index in [9.17, 15) is 5.21 Å². The topological polar surface area (TPSA) is 59.6 Å². The summed E-state index contributed by atoms with van der Waals surface area (Å²) in [6.07, 6.45) is 2.08. The van der Waals surface area contributed by atoms with Gasteiger partial charge in [-0.25, -0.2) is 4.68 Å². The lowest BCUT2D eigenvalue weighted by Crippen LogP contribution is -2.13. The smallest absolute Gasteiger partial charge is 0.119 e. The molecule has 0 saturated heterocycles. The average Bonchev–Trinajstić information content (AvgIpc) is 3.07. The second-order valence-corrected chi connectivity index (χ2v) is 6.67. The van der Waals surface area contributed by atoms with Gasteiger partial charge >= 0.3 is 0 Å². The number of nitrogens with zero attached hydrogens (tertiary/aromatic N) is 3. The molecule has 1 aromatic heterocycles. The molecule has 0 bridgehead atoms. The Kier molecular flexibility index (Phi) is 4.39. The van der Waals surface area contributed by atoms with Crippen LogP contribution in [-0.2, 0) is 12.8 Å². The van der Waals surface area contributed by atoms with Crippen LogP contribution in [0.15, 0.2) is 53.7 Å². The monoisotopic (exact) mass is 367 g/mol. The minimum atomic E-state index is 0.597. The van der Waals surface area contributed by atoms with Crippen LogP contribution in [-0.4, -0.2) is 27.8 Å². The Balaban J connectivity index is 1.90. The van der Waals surface area contributed by atoms with Crippen LogP contribution < -0.4 is 4.74 Å². The molecule has 3 aromatic rings. The van der Waals surface area contributed by atoms with Crippen molar-refractivity contribution >= 4 is 17.3 Å². The number of halogens is 1. The van der Waals surface area contributed by atoms with Crippen LogP contribution in [0.3, 0.4) is 0 Å². The molecule has 1 N–H and O–H groups in total. The van der Waals surface area contributed by atoms with E-state index in [1.807, 2.05) is 53.2 Å². The second kappa shape index (κ2) is 6.84. The zero-order chi connectivity index (χ0) is 18.1. The van der Waals surface area contributed by atoms with Crippen LogP contribution in [0.25, 0.3) is 16.9 Å². The minimum Gasteiger partial charge on any atom is -0.497 e. The highest BCUT2D eigenvalue weighted by atomic mass is 35.5. The molecule has 0 atom stereocenters. The van der Waals surface area contributed by atoms with E-state index < -0.39 is 0 Å². The number of ether oxygens (including phenoxy) is 1. The van der Waals surface area contributed by atoms with E-state index in [1.165, 1.54) is 0 Å². The van der Waals surface area contributed by atoms with Crippen molar-refractivity contribution in [1.29, 1.82) is 0 Å². The van der Waals surface area contributed by atoms with E-state index in [0.29, 0.717) is 11.4 Å². The number of oxime groups is 1. The number of hydrogen-bond donors (Lipinski definition) is 1. The number of hydrogen-bond acceptors (Lipinski definition) is 4. The Morgan fingerprint density at radius 3 is 2.46 bits per heavy atom. The van der Waals surface area contributed by atoms with Crippen LogP contribution in [0, 0.1) is 0 Å². The number of methoxy groups -OCH3 is 1. The van der Waals surface area contributed by atoms with Crippen molar-refractivity contribution in [3.05, 3.63) is 64.8 Å². The van der Waals surface area contributed by atoms with Gasteiger partial charge in [0.15, 0.2) is 0 Å². The van der Waals surface area contributed by atoms with Crippen LogP contribution in [0.1, 0.15) is 17.7 Å². The lowest BCUT2D eigenvalue weighted by molar-refractivity contribution is 0.316. The highest BCUT2D eigenvalue weighted by Gasteiger charge is 2.25. The van der Waals surface area contributed by atoms with Gasteiger partial charge < -0.3 is 9.94 Å². The van der Waals surface area contributed by atoms with Crippen molar-refractivity contribution in [3.63, 3.8) is 0 Å². The van der Waals surface area contributed by atoms with Gasteiger partial charge in [-0.05, 0) is 49.2 Å². The molecular weight excluding hydrogens is 350 g/mol. The van der Waals surface area contributed by atoms with Gasteiger partial charge in [0.2, 0.25) is 0 Å². The standard InChI is InChI=1S/C20H18ClN3O2/c1-26-17-9-7-16(8-10-17)24-20(13-2-4-14(21)5-3-13)18-12-15(23-25)6-11-19(18)22-24/h2-5,7-10,25H,6,11-12H2,1H3. The number of aromatic nitrogens is 2. The first kappa shape index (κ1) is 16.7. The van der Waals surface area contributed by atoms with Crippen molar-refractivity contribution in [2.45, 2.75) is 19.3 Å². The van der Waals surface area contributed by atoms with Gasteiger partial charge in [0.25, 0.3) is 0 Å². The Labute approximate surface area is 156 Å².